The normalized spacial score (nSPS) is 11.2. The van der Waals surface area contributed by atoms with Crippen LogP contribution in [0.25, 0.3) is 11.0 Å². The molecular weight excluding hydrogens is 228 g/mol. The van der Waals surface area contributed by atoms with E-state index in [1.807, 2.05) is 0 Å². The minimum atomic E-state index is -0.697. The van der Waals surface area contributed by atoms with Gasteiger partial charge in [0.2, 0.25) is 5.95 Å². The van der Waals surface area contributed by atoms with Gasteiger partial charge in [0.05, 0.1) is 5.52 Å². The number of anilines is 1. The Kier molecular flexibility index (Phi) is 3.23. The number of aryl methyl sites for hydroxylation is 1. The summed E-state index contributed by atoms with van der Waals surface area (Å²) >= 11 is 0. The number of nitrogen functional groups attached to an aromatic ring is 1. The molecule has 2 N–H and O–H groups in total. The first-order valence-corrected chi connectivity index (χ1v) is 5.23. The van der Waals surface area contributed by atoms with Gasteiger partial charge in [0.25, 0.3) is 0 Å². The number of benzene rings is 1. The summed E-state index contributed by atoms with van der Waals surface area (Å²) in [6, 6.07) is 2.03. The summed E-state index contributed by atoms with van der Waals surface area (Å²) in [5, 5.41) is 0. The lowest BCUT2D eigenvalue weighted by Crippen LogP contribution is -2.05. The topological polar surface area (TPSA) is 53.1 Å². The molecule has 4 nitrogen and oxygen atoms in total. The standard InChI is InChI=1S/C11H13F2N3O/c1-17-4-2-3-16-9-6-7(12)5-8(13)10(9)15-11(16)14/h5-6H,2-4H2,1H3,(H2,14,15). The molecular formula is C11H13F2N3O. The van der Waals surface area contributed by atoms with Crippen molar-refractivity contribution in [2.24, 2.45) is 0 Å². The van der Waals surface area contributed by atoms with Gasteiger partial charge in [0.15, 0.2) is 5.82 Å². The van der Waals surface area contributed by atoms with E-state index in [0.29, 0.717) is 25.1 Å². The van der Waals surface area contributed by atoms with Crippen LogP contribution in [0.15, 0.2) is 12.1 Å². The Hall–Kier alpha value is -1.69. The van der Waals surface area contributed by atoms with Crippen LogP contribution in [0.3, 0.4) is 0 Å². The van der Waals surface area contributed by atoms with Crippen molar-refractivity contribution in [2.45, 2.75) is 13.0 Å². The van der Waals surface area contributed by atoms with E-state index in [0.717, 1.165) is 6.07 Å². The zero-order valence-corrected chi connectivity index (χ0v) is 9.41. The maximum atomic E-state index is 13.4. The molecule has 0 bridgehead atoms. The lowest BCUT2D eigenvalue weighted by molar-refractivity contribution is 0.191. The molecule has 0 spiro atoms. The van der Waals surface area contributed by atoms with Gasteiger partial charge in [-0.1, -0.05) is 0 Å². The van der Waals surface area contributed by atoms with E-state index in [1.54, 1.807) is 11.7 Å². The molecule has 1 aromatic heterocycles. The first-order chi connectivity index (χ1) is 8.13. The summed E-state index contributed by atoms with van der Waals surface area (Å²) in [5.74, 6) is -1.15. The molecule has 1 aromatic carbocycles. The smallest absolute Gasteiger partial charge is 0.201 e. The monoisotopic (exact) mass is 241 g/mol. The van der Waals surface area contributed by atoms with Crippen LogP contribution in [-0.2, 0) is 11.3 Å². The third-order valence-corrected chi connectivity index (χ3v) is 2.53. The number of ether oxygens (including phenoxy) is 1. The van der Waals surface area contributed by atoms with Crippen molar-refractivity contribution in [3.8, 4) is 0 Å². The second kappa shape index (κ2) is 4.67. The fourth-order valence-corrected chi connectivity index (χ4v) is 1.77. The number of imidazole rings is 1. The van der Waals surface area contributed by atoms with Crippen LogP contribution in [-0.4, -0.2) is 23.3 Å². The first kappa shape index (κ1) is 11.8. The van der Waals surface area contributed by atoms with Crippen LogP contribution in [0, 0.1) is 11.6 Å². The van der Waals surface area contributed by atoms with E-state index >= 15 is 0 Å². The van der Waals surface area contributed by atoms with Crippen molar-refractivity contribution < 1.29 is 13.5 Å². The van der Waals surface area contributed by atoms with Crippen molar-refractivity contribution in [1.82, 2.24) is 9.55 Å². The number of fused-ring (bicyclic) bond motifs is 1. The second-order valence-electron chi connectivity index (χ2n) is 3.72. The molecule has 0 radical (unpaired) electrons. The maximum absolute atomic E-state index is 13.4. The molecule has 6 heteroatoms. The molecule has 0 amide bonds. The summed E-state index contributed by atoms with van der Waals surface area (Å²) in [7, 11) is 1.59. The highest BCUT2D eigenvalue weighted by Crippen LogP contribution is 2.22. The van der Waals surface area contributed by atoms with Crippen LogP contribution in [0.5, 0.6) is 0 Å². The van der Waals surface area contributed by atoms with E-state index in [4.69, 9.17) is 10.5 Å². The zero-order valence-electron chi connectivity index (χ0n) is 9.41. The van der Waals surface area contributed by atoms with Gasteiger partial charge in [0.1, 0.15) is 11.3 Å². The van der Waals surface area contributed by atoms with Crippen LogP contribution in [0.1, 0.15) is 6.42 Å². The molecule has 0 aliphatic rings. The minimum absolute atomic E-state index is 0.0984. The van der Waals surface area contributed by atoms with Crippen molar-refractivity contribution in [2.75, 3.05) is 19.5 Å². The highest BCUT2D eigenvalue weighted by molar-refractivity contribution is 5.79. The van der Waals surface area contributed by atoms with Crippen molar-refractivity contribution >= 4 is 17.0 Å². The molecule has 0 saturated heterocycles. The summed E-state index contributed by atoms with van der Waals surface area (Å²) in [6.07, 6.45) is 0.699. The summed E-state index contributed by atoms with van der Waals surface area (Å²) in [6.45, 7) is 1.07. The van der Waals surface area contributed by atoms with Gasteiger partial charge in [-0.2, -0.15) is 0 Å². The molecule has 0 aliphatic heterocycles. The number of rotatable bonds is 4. The molecule has 0 aliphatic carbocycles. The largest absolute Gasteiger partial charge is 0.385 e. The molecule has 0 fully saturated rings. The summed E-state index contributed by atoms with van der Waals surface area (Å²) in [5.41, 5.74) is 6.15. The average molecular weight is 241 g/mol. The van der Waals surface area contributed by atoms with Gasteiger partial charge in [-0.3, -0.25) is 0 Å². The van der Waals surface area contributed by atoms with Gasteiger partial charge in [0, 0.05) is 32.4 Å². The number of halogens is 2. The minimum Gasteiger partial charge on any atom is -0.385 e. The van der Waals surface area contributed by atoms with Crippen LogP contribution < -0.4 is 5.73 Å². The quantitative estimate of drug-likeness (QED) is 0.832. The highest BCUT2D eigenvalue weighted by Gasteiger charge is 2.13. The molecule has 2 aromatic rings. The second-order valence-corrected chi connectivity index (χ2v) is 3.72. The summed E-state index contributed by atoms with van der Waals surface area (Å²) in [4.78, 5) is 3.89. The van der Waals surface area contributed by atoms with E-state index in [9.17, 15) is 8.78 Å². The summed E-state index contributed by atoms with van der Waals surface area (Å²) < 4.78 is 33.1. The van der Waals surface area contributed by atoms with Crippen molar-refractivity contribution in [3.63, 3.8) is 0 Å². The first-order valence-electron chi connectivity index (χ1n) is 5.23. The number of aromatic nitrogens is 2. The molecule has 0 atom stereocenters. The molecule has 2 rings (SSSR count). The third kappa shape index (κ3) is 2.21. The SMILES string of the molecule is COCCCn1c(N)nc2c(F)cc(F)cc21. The van der Waals surface area contributed by atoms with Gasteiger partial charge in [-0.15, -0.1) is 0 Å². The molecule has 92 valence electrons. The number of hydrogen-bond donors (Lipinski definition) is 1. The fourth-order valence-electron chi connectivity index (χ4n) is 1.77. The Morgan fingerprint density at radius 2 is 2.18 bits per heavy atom. The highest BCUT2D eigenvalue weighted by atomic mass is 19.1. The van der Waals surface area contributed by atoms with Crippen LogP contribution in [0.4, 0.5) is 14.7 Å². The maximum Gasteiger partial charge on any atom is 0.201 e. The number of nitrogens with zero attached hydrogens (tertiary/aromatic N) is 2. The predicted octanol–water partition coefficient (Wildman–Crippen LogP) is 1.93. The van der Waals surface area contributed by atoms with Gasteiger partial charge < -0.3 is 15.0 Å². The Morgan fingerprint density at radius 3 is 2.88 bits per heavy atom. The van der Waals surface area contributed by atoms with Crippen molar-refractivity contribution in [3.05, 3.63) is 23.8 Å². The van der Waals surface area contributed by atoms with E-state index in [1.165, 1.54) is 6.07 Å². The Labute approximate surface area is 97.0 Å². The predicted molar refractivity (Wildman–Crippen MR) is 60.6 cm³/mol. The average Bonchev–Trinajstić information content (AvgIpc) is 2.57. The number of hydrogen-bond acceptors (Lipinski definition) is 3. The zero-order chi connectivity index (χ0) is 12.4. The lowest BCUT2D eigenvalue weighted by Gasteiger charge is -2.05. The van der Waals surface area contributed by atoms with Crippen LogP contribution in [0.2, 0.25) is 0 Å². The van der Waals surface area contributed by atoms with Crippen molar-refractivity contribution in [1.29, 1.82) is 0 Å². The van der Waals surface area contributed by atoms with Crippen LogP contribution >= 0.6 is 0 Å². The lowest BCUT2D eigenvalue weighted by atomic mass is 10.3. The molecule has 17 heavy (non-hydrogen) atoms. The van der Waals surface area contributed by atoms with Gasteiger partial charge >= 0.3 is 0 Å². The van der Waals surface area contributed by atoms with Gasteiger partial charge in [-0.25, -0.2) is 13.8 Å². The Bertz CT molecular complexity index is 539. The number of nitrogens with two attached hydrogens (primary N) is 1. The van der Waals surface area contributed by atoms with Gasteiger partial charge in [-0.05, 0) is 6.42 Å². The molecule has 1 heterocycles. The molecule has 0 saturated carbocycles. The van der Waals surface area contributed by atoms with E-state index < -0.39 is 11.6 Å². The molecule has 0 unspecified atom stereocenters. The Morgan fingerprint density at radius 1 is 1.41 bits per heavy atom. The van der Waals surface area contributed by atoms with E-state index in [2.05, 4.69) is 4.98 Å². The van der Waals surface area contributed by atoms with E-state index in [-0.39, 0.29) is 11.5 Å². The number of methoxy groups -OCH3 is 1. The Balaban J connectivity index is 2.43. The third-order valence-electron chi connectivity index (χ3n) is 2.53. The fraction of sp³-hybridized carbons (Fsp3) is 0.364.